The first-order valence-electron chi connectivity index (χ1n) is 9.17. The maximum absolute atomic E-state index is 11.2. The number of aromatic nitrogens is 2. The fraction of sp³-hybridized carbons (Fsp3) is 0.0870. The molecule has 4 rings (SSSR count). The lowest BCUT2D eigenvalue weighted by Crippen LogP contribution is -2.00. The number of ether oxygens (including phenoxy) is 1. The zero-order valence-electron chi connectivity index (χ0n) is 16.3. The highest BCUT2D eigenvalue weighted by Crippen LogP contribution is 2.42. The summed E-state index contributed by atoms with van der Waals surface area (Å²) in [5.74, 6) is 0.0759. The Balaban J connectivity index is 2.05. The van der Waals surface area contributed by atoms with E-state index in [1.807, 2.05) is 30.3 Å². The van der Waals surface area contributed by atoms with Gasteiger partial charge in [-0.25, -0.2) is 14.8 Å². The van der Waals surface area contributed by atoms with Crippen LogP contribution in [-0.2, 0) is 0 Å². The number of aromatic carboxylic acids is 1. The first kappa shape index (κ1) is 19.7. The molecule has 150 valence electrons. The van der Waals surface area contributed by atoms with Crippen LogP contribution in [0, 0.1) is 0 Å². The molecule has 1 aromatic heterocycles. The van der Waals surface area contributed by atoms with E-state index in [4.69, 9.17) is 16.3 Å². The number of carboxylic acids is 1. The van der Waals surface area contributed by atoms with Crippen LogP contribution in [0.2, 0.25) is 5.02 Å². The molecule has 0 radical (unpaired) electrons. The molecule has 0 unspecified atom stereocenters. The molecule has 0 saturated carbocycles. The van der Waals surface area contributed by atoms with Crippen molar-refractivity contribution in [2.24, 2.45) is 0 Å². The molecule has 3 aromatic carbocycles. The summed E-state index contributed by atoms with van der Waals surface area (Å²) < 4.78 is 5.74. The SMILES string of the molecule is CNc1ncc2c(-c3cccc(Cl)c3)cc(-c3ccc(C(=O)O)cc3)c(OC)c2n1. The highest BCUT2D eigenvalue weighted by molar-refractivity contribution is 6.31. The average molecular weight is 420 g/mol. The third-order valence-corrected chi connectivity index (χ3v) is 5.07. The number of anilines is 1. The molecule has 0 atom stereocenters. The number of nitrogens with one attached hydrogen (secondary N) is 1. The van der Waals surface area contributed by atoms with E-state index in [1.54, 1.807) is 44.6 Å². The van der Waals surface area contributed by atoms with Crippen molar-refractivity contribution in [1.29, 1.82) is 0 Å². The Hall–Kier alpha value is -3.64. The van der Waals surface area contributed by atoms with Gasteiger partial charge in [-0.15, -0.1) is 0 Å². The largest absolute Gasteiger partial charge is 0.494 e. The minimum Gasteiger partial charge on any atom is -0.494 e. The predicted molar refractivity (Wildman–Crippen MR) is 118 cm³/mol. The zero-order valence-corrected chi connectivity index (χ0v) is 17.1. The van der Waals surface area contributed by atoms with Gasteiger partial charge in [0.1, 0.15) is 5.52 Å². The molecule has 4 aromatic rings. The van der Waals surface area contributed by atoms with Crippen LogP contribution >= 0.6 is 11.6 Å². The molecule has 6 nitrogen and oxygen atoms in total. The Morgan fingerprint density at radius 3 is 2.47 bits per heavy atom. The molecule has 0 aliphatic carbocycles. The van der Waals surface area contributed by atoms with Crippen LogP contribution in [0.4, 0.5) is 5.95 Å². The molecule has 0 fully saturated rings. The molecular weight excluding hydrogens is 402 g/mol. The second kappa shape index (κ2) is 8.00. The van der Waals surface area contributed by atoms with E-state index in [9.17, 15) is 9.90 Å². The smallest absolute Gasteiger partial charge is 0.335 e. The predicted octanol–water partition coefficient (Wildman–Crippen LogP) is 5.37. The highest BCUT2D eigenvalue weighted by Gasteiger charge is 2.18. The van der Waals surface area contributed by atoms with Crippen LogP contribution in [0.1, 0.15) is 10.4 Å². The number of carboxylic acid groups (broad SMARTS) is 1. The number of halogens is 1. The summed E-state index contributed by atoms with van der Waals surface area (Å²) in [5, 5.41) is 13.6. The third-order valence-electron chi connectivity index (χ3n) is 4.83. The number of fused-ring (bicyclic) bond motifs is 1. The van der Waals surface area contributed by atoms with Crippen molar-refractivity contribution in [2.45, 2.75) is 0 Å². The zero-order chi connectivity index (χ0) is 21.3. The van der Waals surface area contributed by atoms with Crippen molar-refractivity contribution in [1.82, 2.24) is 9.97 Å². The van der Waals surface area contributed by atoms with Gasteiger partial charge < -0.3 is 15.2 Å². The van der Waals surface area contributed by atoms with E-state index < -0.39 is 5.97 Å². The monoisotopic (exact) mass is 419 g/mol. The van der Waals surface area contributed by atoms with Gasteiger partial charge in [0, 0.05) is 29.2 Å². The molecule has 0 aliphatic heterocycles. The number of carbonyl (C=O) groups is 1. The first-order chi connectivity index (χ1) is 14.5. The quantitative estimate of drug-likeness (QED) is 0.452. The Morgan fingerprint density at radius 2 is 1.83 bits per heavy atom. The van der Waals surface area contributed by atoms with E-state index in [1.165, 1.54) is 0 Å². The number of rotatable bonds is 5. The summed E-state index contributed by atoms with van der Waals surface area (Å²) in [6.07, 6.45) is 1.75. The lowest BCUT2D eigenvalue weighted by Gasteiger charge is -2.16. The van der Waals surface area contributed by atoms with E-state index in [0.717, 1.165) is 27.6 Å². The lowest BCUT2D eigenvalue weighted by molar-refractivity contribution is 0.0697. The molecule has 1 heterocycles. The molecule has 0 saturated heterocycles. The molecule has 2 N–H and O–H groups in total. The second-order valence-electron chi connectivity index (χ2n) is 6.60. The topological polar surface area (TPSA) is 84.3 Å². The third kappa shape index (κ3) is 3.53. The average Bonchev–Trinajstić information content (AvgIpc) is 2.77. The van der Waals surface area contributed by atoms with Gasteiger partial charge in [0.05, 0.1) is 12.7 Å². The number of benzene rings is 3. The van der Waals surface area contributed by atoms with Gasteiger partial charge in [-0.2, -0.15) is 0 Å². The Morgan fingerprint density at radius 1 is 1.07 bits per heavy atom. The van der Waals surface area contributed by atoms with Gasteiger partial charge >= 0.3 is 5.97 Å². The summed E-state index contributed by atoms with van der Waals surface area (Å²) in [6.45, 7) is 0. The summed E-state index contributed by atoms with van der Waals surface area (Å²) >= 11 is 6.23. The molecule has 7 heteroatoms. The molecule has 0 amide bonds. The summed E-state index contributed by atoms with van der Waals surface area (Å²) in [5.41, 5.74) is 4.27. The van der Waals surface area contributed by atoms with Crippen molar-refractivity contribution < 1.29 is 14.6 Å². The van der Waals surface area contributed by atoms with Gasteiger partial charge in [-0.05, 0) is 47.0 Å². The Bertz CT molecular complexity index is 1260. The molecule has 0 aliphatic rings. The van der Waals surface area contributed by atoms with E-state index in [2.05, 4.69) is 15.3 Å². The van der Waals surface area contributed by atoms with E-state index in [0.29, 0.717) is 22.2 Å². The Labute approximate surface area is 178 Å². The van der Waals surface area contributed by atoms with Crippen molar-refractivity contribution in [3.8, 4) is 28.0 Å². The standard InChI is InChI=1S/C23H18ClN3O3/c1-25-23-26-12-19-17(15-4-3-5-16(24)10-15)11-18(21(30-2)20(19)27-23)13-6-8-14(9-7-13)22(28)29/h3-12H,1-2H3,(H,28,29)(H,25,26,27). The van der Waals surface area contributed by atoms with Crippen LogP contribution in [0.5, 0.6) is 5.75 Å². The fourth-order valence-corrected chi connectivity index (χ4v) is 3.59. The van der Waals surface area contributed by atoms with Crippen LogP contribution < -0.4 is 10.1 Å². The van der Waals surface area contributed by atoms with Crippen LogP contribution in [0.15, 0.2) is 60.8 Å². The van der Waals surface area contributed by atoms with Crippen LogP contribution in [-0.4, -0.2) is 35.2 Å². The maximum atomic E-state index is 11.2. The first-order valence-corrected chi connectivity index (χ1v) is 9.54. The molecule has 30 heavy (non-hydrogen) atoms. The van der Waals surface area contributed by atoms with Gasteiger partial charge in [-0.3, -0.25) is 0 Å². The number of hydrogen-bond donors (Lipinski definition) is 2. The summed E-state index contributed by atoms with van der Waals surface area (Å²) in [6, 6.07) is 16.2. The van der Waals surface area contributed by atoms with Crippen LogP contribution in [0.3, 0.4) is 0 Å². The minimum atomic E-state index is -0.974. The van der Waals surface area contributed by atoms with Crippen molar-refractivity contribution in [2.75, 3.05) is 19.5 Å². The number of nitrogens with zero attached hydrogens (tertiary/aromatic N) is 2. The fourth-order valence-electron chi connectivity index (χ4n) is 3.40. The number of hydrogen-bond acceptors (Lipinski definition) is 5. The maximum Gasteiger partial charge on any atom is 0.335 e. The molecule has 0 spiro atoms. The normalized spacial score (nSPS) is 10.8. The van der Waals surface area contributed by atoms with Gasteiger partial charge in [0.25, 0.3) is 0 Å². The Kier molecular flexibility index (Phi) is 5.25. The molecule has 0 bridgehead atoms. The second-order valence-corrected chi connectivity index (χ2v) is 7.04. The lowest BCUT2D eigenvalue weighted by atomic mass is 9.94. The molecular formula is C23H18ClN3O3. The summed E-state index contributed by atoms with van der Waals surface area (Å²) in [7, 11) is 3.34. The van der Waals surface area contributed by atoms with Gasteiger partial charge in [-0.1, -0.05) is 35.9 Å². The van der Waals surface area contributed by atoms with Crippen LogP contribution in [0.25, 0.3) is 33.2 Å². The van der Waals surface area contributed by atoms with Crippen molar-refractivity contribution in [3.05, 3.63) is 71.4 Å². The number of methoxy groups -OCH3 is 1. The van der Waals surface area contributed by atoms with Crippen molar-refractivity contribution >= 4 is 34.4 Å². The van der Waals surface area contributed by atoms with Gasteiger partial charge in [0.15, 0.2) is 5.75 Å². The minimum absolute atomic E-state index is 0.216. The van der Waals surface area contributed by atoms with Gasteiger partial charge in [0.2, 0.25) is 5.95 Å². The highest BCUT2D eigenvalue weighted by atomic mass is 35.5. The van der Waals surface area contributed by atoms with E-state index >= 15 is 0 Å². The van der Waals surface area contributed by atoms with E-state index in [-0.39, 0.29) is 5.56 Å². The van der Waals surface area contributed by atoms with Crippen molar-refractivity contribution in [3.63, 3.8) is 0 Å². The summed E-state index contributed by atoms with van der Waals surface area (Å²) in [4.78, 5) is 20.2.